The number of rotatable bonds is 3. The molecular formula is C23H27N3OS. The standard InChI is InChI=1S/C23H27N3OS/c1-3-24-23(27)15-8-11-20-22(12-15)28-21-7-5-4-6-19(21)26(20)18-13-16-9-10-17(14-18)25(16)2/h4-8,11-12,16-18H,3,9-10,13-14H2,1-2H3,(H,24,27). The Labute approximate surface area is 171 Å². The minimum atomic E-state index is 0.00800. The molecule has 3 aliphatic rings. The van der Waals surface area contributed by atoms with Crippen molar-refractivity contribution in [3.05, 3.63) is 48.0 Å². The van der Waals surface area contributed by atoms with E-state index in [1.54, 1.807) is 11.8 Å². The van der Waals surface area contributed by atoms with E-state index < -0.39 is 0 Å². The Bertz CT molecular complexity index is 900. The lowest BCUT2D eigenvalue weighted by Crippen LogP contribution is -2.48. The number of piperidine rings is 1. The number of anilines is 2. The summed E-state index contributed by atoms with van der Waals surface area (Å²) in [4.78, 5) is 20.0. The summed E-state index contributed by atoms with van der Waals surface area (Å²) in [6.45, 7) is 2.60. The van der Waals surface area contributed by atoms with Crippen LogP contribution in [0.15, 0.2) is 52.3 Å². The van der Waals surface area contributed by atoms with Crippen LogP contribution in [0.3, 0.4) is 0 Å². The molecule has 5 heteroatoms. The molecule has 2 bridgehead atoms. The Morgan fingerprint density at radius 2 is 1.75 bits per heavy atom. The maximum atomic E-state index is 12.4. The molecule has 3 heterocycles. The normalized spacial score (nSPS) is 25.9. The van der Waals surface area contributed by atoms with Gasteiger partial charge in [0.05, 0.1) is 11.4 Å². The van der Waals surface area contributed by atoms with E-state index in [0.717, 1.165) is 5.56 Å². The number of carbonyl (C=O) groups excluding carboxylic acids is 1. The van der Waals surface area contributed by atoms with Crippen LogP contribution in [0.5, 0.6) is 0 Å². The minimum Gasteiger partial charge on any atom is -0.352 e. The zero-order valence-corrected chi connectivity index (χ0v) is 17.3. The highest BCUT2D eigenvalue weighted by molar-refractivity contribution is 7.99. The first-order chi connectivity index (χ1) is 13.7. The fourth-order valence-corrected chi connectivity index (χ4v) is 6.29. The lowest BCUT2D eigenvalue weighted by molar-refractivity contribution is 0.0955. The largest absolute Gasteiger partial charge is 0.352 e. The molecule has 146 valence electrons. The molecule has 28 heavy (non-hydrogen) atoms. The second kappa shape index (κ2) is 7.12. The van der Waals surface area contributed by atoms with Gasteiger partial charge in [0.1, 0.15) is 0 Å². The Balaban J connectivity index is 1.55. The first-order valence-electron chi connectivity index (χ1n) is 10.4. The van der Waals surface area contributed by atoms with Gasteiger partial charge in [0.25, 0.3) is 5.91 Å². The van der Waals surface area contributed by atoms with E-state index in [-0.39, 0.29) is 5.91 Å². The summed E-state index contributed by atoms with van der Waals surface area (Å²) in [5, 5.41) is 2.92. The van der Waals surface area contributed by atoms with E-state index in [0.29, 0.717) is 24.7 Å². The Morgan fingerprint density at radius 1 is 1.04 bits per heavy atom. The molecule has 3 aliphatic heterocycles. The van der Waals surface area contributed by atoms with Crippen molar-refractivity contribution >= 4 is 29.0 Å². The molecule has 0 aromatic heterocycles. The smallest absolute Gasteiger partial charge is 0.251 e. The highest BCUT2D eigenvalue weighted by Gasteiger charge is 2.42. The van der Waals surface area contributed by atoms with E-state index in [2.05, 4.69) is 58.6 Å². The number of nitrogens with zero attached hydrogens (tertiary/aromatic N) is 2. The molecule has 2 fully saturated rings. The highest BCUT2D eigenvalue weighted by atomic mass is 32.2. The van der Waals surface area contributed by atoms with Crippen molar-refractivity contribution < 1.29 is 4.79 Å². The zero-order valence-electron chi connectivity index (χ0n) is 16.5. The van der Waals surface area contributed by atoms with Crippen molar-refractivity contribution in [2.75, 3.05) is 18.5 Å². The van der Waals surface area contributed by atoms with E-state index >= 15 is 0 Å². The van der Waals surface area contributed by atoms with E-state index in [1.807, 2.05) is 13.0 Å². The average Bonchev–Trinajstić information content (AvgIpc) is 2.92. The summed E-state index contributed by atoms with van der Waals surface area (Å²) in [7, 11) is 2.30. The number of hydrogen-bond donors (Lipinski definition) is 1. The van der Waals surface area contributed by atoms with Crippen molar-refractivity contribution in [3.8, 4) is 0 Å². The topological polar surface area (TPSA) is 35.6 Å². The molecule has 1 N–H and O–H groups in total. The SMILES string of the molecule is CCNC(=O)c1ccc2c(c1)Sc1ccccc1N2C1CC2CCC(C1)N2C. The van der Waals surface area contributed by atoms with Crippen LogP contribution in [0.25, 0.3) is 0 Å². The molecule has 0 saturated carbocycles. The molecule has 2 atom stereocenters. The van der Waals surface area contributed by atoms with E-state index in [1.165, 1.54) is 46.8 Å². The summed E-state index contributed by atoms with van der Waals surface area (Å²) >= 11 is 1.79. The third-order valence-electron chi connectivity index (χ3n) is 6.60. The van der Waals surface area contributed by atoms with Gasteiger partial charge >= 0.3 is 0 Å². The molecule has 0 aliphatic carbocycles. The molecule has 0 spiro atoms. The van der Waals surface area contributed by atoms with Crippen LogP contribution in [-0.2, 0) is 0 Å². The van der Waals surface area contributed by atoms with Gasteiger partial charge in [-0.25, -0.2) is 0 Å². The van der Waals surface area contributed by atoms with Gasteiger partial charge in [0.15, 0.2) is 0 Å². The number of carbonyl (C=O) groups is 1. The summed E-state index contributed by atoms with van der Waals surface area (Å²) in [6.07, 6.45) is 5.07. The number of benzene rings is 2. The predicted octanol–water partition coefficient (Wildman–Crippen LogP) is 4.66. The number of fused-ring (bicyclic) bond motifs is 4. The summed E-state index contributed by atoms with van der Waals surface area (Å²) in [5.74, 6) is 0.00800. The Hall–Kier alpha value is -1.98. The molecule has 1 amide bonds. The van der Waals surface area contributed by atoms with Gasteiger partial charge in [0, 0.05) is 40.0 Å². The zero-order chi connectivity index (χ0) is 19.3. The summed E-state index contributed by atoms with van der Waals surface area (Å²) in [5.41, 5.74) is 3.32. The van der Waals surface area contributed by atoms with Crippen LogP contribution in [0.4, 0.5) is 11.4 Å². The van der Waals surface area contributed by atoms with Crippen molar-refractivity contribution in [2.24, 2.45) is 0 Å². The molecule has 5 rings (SSSR count). The van der Waals surface area contributed by atoms with Crippen molar-refractivity contribution in [1.29, 1.82) is 0 Å². The molecule has 2 unspecified atom stereocenters. The van der Waals surface area contributed by atoms with Crippen LogP contribution in [0, 0.1) is 0 Å². The van der Waals surface area contributed by atoms with Crippen molar-refractivity contribution in [1.82, 2.24) is 10.2 Å². The van der Waals surface area contributed by atoms with Crippen LogP contribution < -0.4 is 10.2 Å². The fraction of sp³-hybridized carbons (Fsp3) is 0.435. The van der Waals surface area contributed by atoms with Gasteiger partial charge in [-0.3, -0.25) is 4.79 Å². The predicted molar refractivity (Wildman–Crippen MR) is 115 cm³/mol. The summed E-state index contributed by atoms with van der Waals surface area (Å²) in [6, 6.07) is 16.8. The second-order valence-electron chi connectivity index (χ2n) is 8.16. The molecule has 2 aromatic carbocycles. The molecule has 4 nitrogen and oxygen atoms in total. The number of para-hydroxylation sites is 1. The maximum Gasteiger partial charge on any atom is 0.251 e. The van der Waals surface area contributed by atoms with Gasteiger partial charge in [-0.2, -0.15) is 0 Å². The minimum absolute atomic E-state index is 0.00800. The molecule has 2 aromatic rings. The lowest BCUT2D eigenvalue weighted by atomic mass is 9.95. The number of amides is 1. The maximum absolute atomic E-state index is 12.4. The van der Waals surface area contributed by atoms with Gasteiger partial charge in [-0.15, -0.1) is 0 Å². The average molecular weight is 394 g/mol. The number of nitrogens with one attached hydrogen (secondary N) is 1. The fourth-order valence-electron chi connectivity index (χ4n) is 5.18. The van der Waals surface area contributed by atoms with E-state index in [4.69, 9.17) is 0 Å². The molecular weight excluding hydrogens is 366 g/mol. The monoisotopic (exact) mass is 393 g/mol. The third kappa shape index (κ3) is 2.92. The highest BCUT2D eigenvalue weighted by Crippen LogP contribution is 2.51. The van der Waals surface area contributed by atoms with Crippen LogP contribution in [0.2, 0.25) is 0 Å². The van der Waals surface area contributed by atoms with Crippen molar-refractivity contribution in [2.45, 2.75) is 60.5 Å². The quantitative estimate of drug-likeness (QED) is 0.822. The van der Waals surface area contributed by atoms with Gasteiger partial charge in [-0.1, -0.05) is 23.9 Å². The van der Waals surface area contributed by atoms with Crippen LogP contribution in [-0.4, -0.2) is 42.5 Å². The lowest BCUT2D eigenvalue weighted by Gasteiger charge is -2.45. The van der Waals surface area contributed by atoms with Gasteiger partial charge in [-0.05, 0) is 70.0 Å². The van der Waals surface area contributed by atoms with Crippen LogP contribution >= 0.6 is 11.8 Å². The van der Waals surface area contributed by atoms with E-state index in [9.17, 15) is 4.79 Å². The van der Waals surface area contributed by atoms with Gasteiger partial charge in [0.2, 0.25) is 0 Å². The van der Waals surface area contributed by atoms with Crippen LogP contribution in [0.1, 0.15) is 43.0 Å². The summed E-state index contributed by atoms with van der Waals surface area (Å²) < 4.78 is 0. The first kappa shape index (κ1) is 18.1. The number of hydrogen-bond acceptors (Lipinski definition) is 4. The molecule has 2 saturated heterocycles. The Morgan fingerprint density at radius 3 is 2.50 bits per heavy atom. The molecule has 0 radical (unpaired) electrons. The second-order valence-corrected chi connectivity index (χ2v) is 9.24. The Kier molecular flexibility index (Phi) is 4.60. The third-order valence-corrected chi connectivity index (χ3v) is 7.71. The van der Waals surface area contributed by atoms with Crippen molar-refractivity contribution in [3.63, 3.8) is 0 Å². The van der Waals surface area contributed by atoms with Gasteiger partial charge < -0.3 is 15.1 Å². The first-order valence-corrected chi connectivity index (χ1v) is 11.2.